The summed E-state index contributed by atoms with van der Waals surface area (Å²) in [6, 6.07) is 9.19. The van der Waals surface area contributed by atoms with Gasteiger partial charge in [-0.3, -0.25) is 4.79 Å². The van der Waals surface area contributed by atoms with E-state index in [2.05, 4.69) is 34.0 Å². The third kappa shape index (κ3) is 4.93. The minimum absolute atomic E-state index is 0.230. The number of anilines is 1. The maximum Gasteiger partial charge on any atom is 0.270 e. The molecule has 0 aliphatic carbocycles. The van der Waals surface area contributed by atoms with E-state index in [0.717, 1.165) is 37.3 Å². The molecule has 0 atom stereocenters. The highest BCUT2D eigenvalue weighted by Gasteiger charge is 2.12. The van der Waals surface area contributed by atoms with Gasteiger partial charge in [0.25, 0.3) is 5.91 Å². The van der Waals surface area contributed by atoms with Gasteiger partial charge in [0.1, 0.15) is 17.8 Å². The van der Waals surface area contributed by atoms with Crippen LogP contribution in [-0.4, -0.2) is 29.0 Å². The van der Waals surface area contributed by atoms with Crippen LogP contribution in [0.3, 0.4) is 0 Å². The molecule has 0 spiro atoms. The number of hydrogen-bond acceptors (Lipinski definition) is 4. The summed E-state index contributed by atoms with van der Waals surface area (Å²) in [6.07, 6.45) is 3.49. The molecule has 1 aromatic heterocycles. The van der Waals surface area contributed by atoms with Crippen LogP contribution in [0.4, 0.5) is 5.82 Å². The zero-order valence-electron chi connectivity index (χ0n) is 14.1. The van der Waals surface area contributed by atoms with E-state index in [1.165, 1.54) is 6.33 Å². The molecular weight excluding hydrogens is 324 g/mol. The lowest BCUT2D eigenvalue weighted by Gasteiger charge is -2.22. The van der Waals surface area contributed by atoms with Gasteiger partial charge in [0.15, 0.2) is 0 Å². The molecule has 6 heteroatoms. The Hall–Kier alpha value is -2.14. The van der Waals surface area contributed by atoms with E-state index < -0.39 is 0 Å². The number of carbonyl (C=O) groups is 1. The zero-order chi connectivity index (χ0) is 17.4. The van der Waals surface area contributed by atoms with Gasteiger partial charge in [0.2, 0.25) is 0 Å². The Morgan fingerprint density at radius 2 is 1.88 bits per heavy atom. The van der Waals surface area contributed by atoms with Gasteiger partial charge in [-0.15, -0.1) is 0 Å². The molecule has 5 nitrogen and oxygen atoms in total. The summed E-state index contributed by atoms with van der Waals surface area (Å²) in [7, 11) is 0. The van der Waals surface area contributed by atoms with Crippen molar-refractivity contribution in [2.45, 2.75) is 33.2 Å². The van der Waals surface area contributed by atoms with E-state index >= 15 is 0 Å². The first-order valence-electron chi connectivity index (χ1n) is 8.24. The van der Waals surface area contributed by atoms with Crippen molar-refractivity contribution in [3.8, 4) is 0 Å². The third-order valence-corrected chi connectivity index (χ3v) is 3.96. The first kappa shape index (κ1) is 18.2. The number of nitrogens with zero attached hydrogens (tertiary/aromatic N) is 3. The average Bonchev–Trinajstić information content (AvgIpc) is 2.61. The van der Waals surface area contributed by atoms with Crippen molar-refractivity contribution in [2.75, 3.05) is 18.0 Å². The fourth-order valence-electron chi connectivity index (χ4n) is 2.43. The highest BCUT2D eigenvalue weighted by Crippen LogP contribution is 2.15. The highest BCUT2D eigenvalue weighted by atomic mass is 35.5. The van der Waals surface area contributed by atoms with E-state index in [4.69, 9.17) is 11.6 Å². The van der Waals surface area contributed by atoms with Crippen LogP contribution in [-0.2, 0) is 6.54 Å². The Kier molecular flexibility index (Phi) is 7.00. The van der Waals surface area contributed by atoms with E-state index in [0.29, 0.717) is 17.3 Å². The quantitative estimate of drug-likeness (QED) is 0.792. The molecule has 0 fully saturated rings. The number of nitrogens with one attached hydrogen (secondary N) is 1. The van der Waals surface area contributed by atoms with Crippen LogP contribution >= 0.6 is 11.6 Å². The zero-order valence-corrected chi connectivity index (χ0v) is 14.9. The van der Waals surface area contributed by atoms with E-state index in [9.17, 15) is 4.79 Å². The first-order chi connectivity index (χ1) is 11.7. The molecule has 1 amide bonds. The standard InChI is InChI=1S/C18H23ClN4O/c1-3-9-23(10-4-2)17-11-16(21-13-22-17)18(24)20-12-14-7-5-6-8-15(14)19/h5-8,11,13H,3-4,9-10,12H2,1-2H3,(H,20,24). The van der Waals surface area contributed by atoms with Crippen LogP contribution in [0.25, 0.3) is 0 Å². The van der Waals surface area contributed by atoms with Crippen molar-refractivity contribution in [3.05, 3.63) is 52.9 Å². The molecule has 0 saturated carbocycles. The van der Waals surface area contributed by atoms with Crippen LogP contribution in [0.1, 0.15) is 42.7 Å². The average molecular weight is 347 g/mol. The molecule has 0 aliphatic heterocycles. The number of halogens is 1. The van der Waals surface area contributed by atoms with Crippen LogP contribution in [0, 0.1) is 0 Å². The van der Waals surface area contributed by atoms with Crippen LogP contribution in [0.2, 0.25) is 5.02 Å². The van der Waals surface area contributed by atoms with Crippen molar-refractivity contribution in [1.29, 1.82) is 0 Å². The minimum Gasteiger partial charge on any atom is -0.357 e. The van der Waals surface area contributed by atoms with Crippen molar-refractivity contribution in [1.82, 2.24) is 15.3 Å². The molecule has 0 aliphatic rings. The first-order valence-corrected chi connectivity index (χ1v) is 8.62. The maximum absolute atomic E-state index is 12.4. The molecule has 1 N–H and O–H groups in total. The fourth-order valence-corrected chi connectivity index (χ4v) is 2.64. The van der Waals surface area contributed by atoms with Gasteiger partial charge in [0.05, 0.1) is 0 Å². The van der Waals surface area contributed by atoms with E-state index in [1.807, 2.05) is 18.2 Å². The predicted molar refractivity (Wildman–Crippen MR) is 97.4 cm³/mol. The van der Waals surface area contributed by atoms with Gasteiger partial charge in [-0.05, 0) is 24.5 Å². The van der Waals surface area contributed by atoms with Gasteiger partial charge >= 0.3 is 0 Å². The van der Waals surface area contributed by atoms with Gasteiger partial charge in [-0.2, -0.15) is 0 Å². The summed E-state index contributed by atoms with van der Waals surface area (Å²) in [5.74, 6) is 0.558. The summed E-state index contributed by atoms with van der Waals surface area (Å²) in [6.45, 7) is 6.44. The topological polar surface area (TPSA) is 58.1 Å². The lowest BCUT2D eigenvalue weighted by molar-refractivity contribution is 0.0946. The van der Waals surface area contributed by atoms with Gasteiger partial charge in [0, 0.05) is 30.7 Å². The summed E-state index contributed by atoms with van der Waals surface area (Å²) in [5, 5.41) is 3.49. The molecule has 128 valence electrons. The second-order valence-electron chi connectivity index (χ2n) is 5.52. The van der Waals surface area contributed by atoms with E-state index in [1.54, 1.807) is 12.1 Å². The Morgan fingerprint density at radius 3 is 2.54 bits per heavy atom. The van der Waals surface area contributed by atoms with Crippen molar-refractivity contribution in [3.63, 3.8) is 0 Å². The number of benzene rings is 1. The van der Waals surface area contributed by atoms with Crippen LogP contribution in [0.15, 0.2) is 36.7 Å². The summed E-state index contributed by atoms with van der Waals surface area (Å²) >= 11 is 6.11. The predicted octanol–water partition coefficient (Wildman–Crippen LogP) is 3.69. The number of rotatable bonds is 8. The molecular formula is C18H23ClN4O. The second kappa shape index (κ2) is 9.23. The number of aromatic nitrogens is 2. The Labute approximate surface area is 148 Å². The Bertz CT molecular complexity index is 672. The molecule has 0 radical (unpaired) electrons. The molecule has 24 heavy (non-hydrogen) atoms. The Morgan fingerprint density at radius 1 is 1.17 bits per heavy atom. The molecule has 2 rings (SSSR count). The Balaban J connectivity index is 2.07. The maximum atomic E-state index is 12.4. The molecule has 0 saturated heterocycles. The van der Waals surface area contributed by atoms with Crippen molar-refractivity contribution >= 4 is 23.3 Å². The normalized spacial score (nSPS) is 10.5. The highest BCUT2D eigenvalue weighted by molar-refractivity contribution is 6.31. The van der Waals surface area contributed by atoms with Gasteiger partial charge in [-0.1, -0.05) is 43.6 Å². The summed E-state index contributed by atoms with van der Waals surface area (Å²) < 4.78 is 0. The molecule has 1 aromatic carbocycles. The molecule has 2 aromatic rings. The number of hydrogen-bond donors (Lipinski definition) is 1. The van der Waals surface area contributed by atoms with Gasteiger partial charge < -0.3 is 10.2 Å². The summed E-state index contributed by atoms with van der Waals surface area (Å²) in [4.78, 5) is 22.9. The third-order valence-electron chi connectivity index (χ3n) is 3.59. The second-order valence-corrected chi connectivity index (χ2v) is 5.93. The largest absolute Gasteiger partial charge is 0.357 e. The molecule has 1 heterocycles. The minimum atomic E-state index is -0.230. The number of carbonyl (C=O) groups excluding carboxylic acids is 1. The van der Waals surface area contributed by atoms with Crippen LogP contribution in [0.5, 0.6) is 0 Å². The SMILES string of the molecule is CCCN(CCC)c1cc(C(=O)NCc2ccccc2Cl)ncn1. The molecule has 0 unspecified atom stereocenters. The van der Waals surface area contributed by atoms with Crippen molar-refractivity contribution in [2.24, 2.45) is 0 Å². The lowest BCUT2D eigenvalue weighted by atomic mass is 10.2. The lowest BCUT2D eigenvalue weighted by Crippen LogP contribution is -2.28. The van der Waals surface area contributed by atoms with Crippen LogP contribution < -0.4 is 10.2 Å². The van der Waals surface area contributed by atoms with Gasteiger partial charge in [-0.25, -0.2) is 9.97 Å². The smallest absolute Gasteiger partial charge is 0.270 e. The number of amides is 1. The monoisotopic (exact) mass is 346 g/mol. The molecule has 0 bridgehead atoms. The van der Waals surface area contributed by atoms with Crippen molar-refractivity contribution < 1.29 is 4.79 Å². The fraction of sp³-hybridized carbons (Fsp3) is 0.389. The van der Waals surface area contributed by atoms with E-state index in [-0.39, 0.29) is 5.91 Å². The summed E-state index contributed by atoms with van der Waals surface area (Å²) in [5.41, 5.74) is 1.24.